The monoisotopic (exact) mass is 191 g/mol. The minimum Gasteiger partial charge on any atom is -0.394 e. The van der Waals surface area contributed by atoms with Gasteiger partial charge in [-0.25, -0.2) is 0 Å². The highest BCUT2D eigenvalue weighted by atomic mass is 16.5. The summed E-state index contributed by atoms with van der Waals surface area (Å²) in [5.74, 6) is 0. The van der Waals surface area contributed by atoms with Crippen molar-refractivity contribution in [3.05, 3.63) is 0 Å². The summed E-state index contributed by atoms with van der Waals surface area (Å²) in [5, 5.41) is 26.6. The number of rotatable bonds is 4. The third-order valence-corrected chi connectivity index (χ3v) is 2.11. The van der Waals surface area contributed by atoms with Crippen LogP contribution in [-0.4, -0.2) is 71.9 Å². The van der Waals surface area contributed by atoms with Gasteiger partial charge in [0.2, 0.25) is 0 Å². The van der Waals surface area contributed by atoms with E-state index in [0.29, 0.717) is 19.7 Å². The molecule has 13 heavy (non-hydrogen) atoms. The largest absolute Gasteiger partial charge is 0.394 e. The number of β-amino-alcohol motifs (C(OH)–C–C–N with tert-alkyl or cyclic N) is 1. The minimum absolute atomic E-state index is 0.00567. The zero-order valence-electron chi connectivity index (χ0n) is 7.59. The smallest absolute Gasteiger partial charge is 0.0932 e. The highest BCUT2D eigenvalue weighted by Gasteiger charge is 2.21. The summed E-state index contributed by atoms with van der Waals surface area (Å²) in [6.07, 6.45) is -0.850. The van der Waals surface area contributed by atoms with Crippen LogP contribution in [0.3, 0.4) is 0 Å². The van der Waals surface area contributed by atoms with Crippen LogP contribution in [0.15, 0.2) is 0 Å². The third-order valence-electron chi connectivity index (χ3n) is 2.11. The van der Waals surface area contributed by atoms with E-state index in [1.807, 2.05) is 4.90 Å². The van der Waals surface area contributed by atoms with E-state index in [0.717, 1.165) is 6.54 Å². The summed E-state index contributed by atoms with van der Waals surface area (Å²) in [7, 11) is 0. The second kappa shape index (κ2) is 5.51. The predicted molar refractivity (Wildman–Crippen MR) is 46.4 cm³/mol. The summed E-state index contributed by atoms with van der Waals surface area (Å²) < 4.78 is 5.24. The number of aliphatic hydroxyl groups is 3. The van der Waals surface area contributed by atoms with Gasteiger partial charge in [0.1, 0.15) is 0 Å². The Morgan fingerprint density at radius 1 is 1.46 bits per heavy atom. The van der Waals surface area contributed by atoms with E-state index in [4.69, 9.17) is 14.9 Å². The van der Waals surface area contributed by atoms with Crippen LogP contribution in [-0.2, 0) is 4.74 Å². The van der Waals surface area contributed by atoms with E-state index in [9.17, 15) is 5.11 Å². The molecule has 1 rings (SSSR count). The van der Waals surface area contributed by atoms with Crippen LogP contribution < -0.4 is 0 Å². The molecule has 1 fully saturated rings. The van der Waals surface area contributed by atoms with E-state index in [1.54, 1.807) is 0 Å². The van der Waals surface area contributed by atoms with Crippen molar-refractivity contribution >= 4 is 0 Å². The zero-order chi connectivity index (χ0) is 9.68. The molecule has 1 saturated heterocycles. The van der Waals surface area contributed by atoms with Gasteiger partial charge in [-0.15, -0.1) is 0 Å². The molecule has 0 aromatic rings. The number of ether oxygens (including phenoxy) is 1. The van der Waals surface area contributed by atoms with Gasteiger partial charge in [0.05, 0.1) is 32.0 Å². The average molecular weight is 191 g/mol. The van der Waals surface area contributed by atoms with Gasteiger partial charge in [-0.3, -0.25) is 4.90 Å². The molecular formula is C8H17NO4. The molecule has 3 N–H and O–H groups in total. The SMILES string of the molecule is OCC(O)CN1CCOC(CO)C1. The molecule has 0 aliphatic carbocycles. The topological polar surface area (TPSA) is 73.2 Å². The Bertz CT molecular complexity index is 142. The van der Waals surface area contributed by atoms with E-state index in [-0.39, 0.29) is 19.3 Å². The molecule has 0 aromatic carbocycles. The molecule has 0 spiro atoms. The van der Waals surface area contributed by atoms with Gasteiger partial charge >= 0.3 is 0 Å². The van der Waals surface area contributed by atoms with Crippen LogP contribution in [0, 0.1) is 0 Å². The van der Waals surface area contributed by atoms with Crippen molar-refractivity contribution in [2.45, 2.75) is 12.2 Å². The minimum atomic E-state index is -0.697. The van der Waals surface area contributed by atoms with Gasteiger partial charge in [-0.2, -0.15) is 0 Å². The van der Waals surface area contributed by atoms with Crippen LogP contribution in [0.4, 0.5) is 0 Å². The summed E-state index contributed by atoms with van der Waals surface area (Å²) in [4.78, 5) is 1.98. The van der Waals surface area contributed by atoms with Crippen LogP contribution in [0.1, 0.15) is 0 Å². The third kappa shape index (κ3) is 3.58. The van der Waals surface area contributed by atoms with Gasteiger partial charge in [-0.05, 0) is 0 Å². The normalized spacial score (nSPS) is 27.5. The lowest BCUT2D eigenvalue weighted by Gasteiger charge is -2.32. The van der Waals surface area contributed by atoms with E-state index in [1.165, 1.54) is 0 Å². The summed E-state index contributed by atoms with van der Waals surface area (Å²) in [5.41, 5.74) is 0. The summed E-state index contributed by atoms with van der Waals surface area (Å²) >= 11 is 0. The fraction of sp³-hybridized carbons (Fsp3) is 1.00. The maximum atomic E-state index is 9.17. The highest BCUT2D eigenvalue weighted by Crippen LogP contribution is 2.04. The van der Waals surface area contributed by atoms with Crippen LogP contribution in [0.2, 0.25) is 0 Å². The number of aliphatic hydroxyl groups excluding tert-OH is 3. The Balaban J connectivity index is 2.25. The molecule has 0 aromatic heterocycles. The maximum absolute atomic E-state index is 9.17. The molecule has 5 nitrogen and oxygen atoms in total. The van der Waals surface area contributed by atoms with Crippen LogP contribution in [0.5, 0.6) is 0 Å². The lowest BCUT2D eigenvalue weighted by Crippen LogP contribution is -2.47. The van der Waals surface area contributed by atoms with Crippen molar-refractivity contribution < 1.29 is 20.1 Å². The van der Waals surface area contributed by atoms with Crippen molar-refractivity contribution in [2.75, 3.05) is 39.5 Å². The molecule has 5 heteroatoms. The van der Waals surface area contributed by atoms with E-state index < -0.39 is 6.10 Å². The Morgan fingerprint density at radius 2 is 2.23 bits per heavy atom. The van der Waals surface area contributed by atoms with E-state index in [2.05, 4.69) is 0 Å². The zero-order valence-corrected chi connectivity index (χ0v) is 7.59. The van der Waals surface area contributed by atoms with Gasteiger partial charge in [-0.1, -0.05) is 0 Å². The van der Waals surface area contributed by atoms with Crippen molar-refractivity contribution in [1.82, 2.24) is 4.90 Å². The highest BCUT2D eigenvalue weighted by molar-refractivity contribution is 4.72. The van der Waals surface area contributed by atoms with Crippen molar-refractivity contribution in [1.29, 1.82) is 0 Å². The fourth-order valence-electron chi connectivity index (χ4n) is 1.41. The summed E-state index contributed by atoms with van der Waals surface area (Å²) in [6, 6.07) is 0. The second-order valence-corrected chi connectivity index (χ2v) is 3.27. The quantitative estimate of drug-likeness (QED) is 0.481. The van der Waals surface area contributed by atoms with Crippen molar-refractivity contribution in [3.63, 3.8) is 0 Å². The molecular weight excluding hydrogens is 174 g/mol. The average Bonchev–Trinajstić information content (AvgIpc) is 2.18. The molecule has 0 radical (unpaired) electrons. The number of morpholine rings is 1. The lowest BCUT2D eigenvalue weighted by atomic mass is 10.2. The first kappa shape index (κ1) is 10.9. The second-order valence-electron chi connectivity index (χ2n) is 3.27. The molecule has 2 unspecified atom stereocenters. The molecule has 0 bridgehead atoms. The van der Waals surface area contributed by atoms with Crippen molar-refractivity contribution in [2.24, 2.45) is 0 Å². The molecule has 1 heterocycles. The molecule has 2 atom stereocenters. The molecule has 1 aliphatic rings. The Morgan fingerprint density at radius 3 is 2.85 bits per heavy atom. The van der Waals surface area contributed by atoms with Crippen LogP contribution in [0.25, 0.3) is 0 Å². The van der Waals surface area contributed by atoms with Gasteiger partial charge in [0.15, 0.2) is 0 Å². The summed E-state index contributed by atoms with van der Waals surface area (Å²) in [6.45, 7) is 2.16. The van der Waals surface area contributed by atoms with Gasteiger partial charge in [0, 0.05) is 19.6 Å². The first-order valence-corrected chi connectivity index (χ1v) is 4.50. The lowest BCUT2D eigenvalue weighted by molar-refractivity contribution is -0.0649. The molecule has 78 valence electrons. The van der Waals surface area contributed by atoms with Crippen LogP contribution >= 0.6 is 0 Å². The fourth-order valence-corrected chi connectivity index (χ4v) is 1.41. The standard InChI is InChI=1S/C8H17NO4/c10-5-7(12)3-9-1-2-13-8(4-9)6-11/h7-8,10-12H,1-6H2. The number of hydrogen-bond donors (Lipinski definition) is 3. The first-order chi connectivity index (χ1) is 6.26. The maximum Gasteiger partial charge on any atom is 0.0932 e. The predicted octanol–water partition coefficient (Wildman–Crippen LogP) is -1.97. The number of nitrogens with zero attached hydrogens (tertiary/aromatic N) is 1. The molecule has 0 saturated carbocycles. The Labute approximate surface area is 77.5 Å². The van der Waals surface area contributed by atoms with Gasteiger partial charge < -0.3 is 20.1 Å². The molecule has 1 aliphatic heterocycles. The van der Waals surface area contributed by atoms with Crippen molar-refractivity contribution in [3.8, 4) is 0 Å². The van der Waals surface area contributed by atoms with Gasteiger partial charge in [0.25, 0.3) is 0 Å². The Hall–Kier alpha value is -0.200. The Kier molecular flexibility index (Phi) is 4.61. The number of hydrogen-bond acceptors (Lipinski definition) is 5. The first-order valence-electron chi connectivity index (χ1n) is 4.50. The molecule has 0 amide bonds. The van der Waals surface area contributed by atoms with E-state index >= 15 is 0 Å².